The van der Waals surface area contributed by atoms with Crippen molar-refractivity contribution in [2.75, 3.05) is 31.3 Å². The van der Waals surface area contributed by atoms with Crippen molar-refractivity contribution in [1.82, 2.24) is 24.8 Å². The number of aliphatic hydroxyl groups is 1. The summed E-state index contributed by atoms with van der Waals surface area (Å²) in [6.07, 6.45) is 0.213. The zero-order chi connectivity index (χ0) is 29.1. The summed E-state index contributed by atoms with van der Waals surface area (Å²) in [7, 11) is 0. The van der Waals surface area contributed by atoms with Gasteiger partial charge in [-0.25, -0.2) is 28.5 Å². The number of carbonyl (C=O) groups excluding carboxylic acids is 1. The first-order valence-electron chi connectivity index (χ1n) is 12.1. The van der Waals surface area contributed by atoms with Crippen molar-refractivity contribution in [3.05, 3.63) is 65.4 Å². The minimum Gasteiger partial charge on any atom is -0.474 e. The third kappa shape index (κ3) is 6.75. The molecule has 0 bridgehead atoms. The Bertz CT molecular complexity index is 1350. The van der Waals surface area contributed by atoms with Crippen LogP contribution in [-0.4, -0.2) is 61.9 Å². The van der Waals surface area contributed by atoms with Crippen molar-refractivity contribution in [2.24, 2.45) is 0 Å². The van der Waals surface area contributed by atoms with Crippen LogP contribution in [0.15, 0.2) is 41.8 Å². The number of thioether (sulfide) groups is 1. The summed E-state index contributed by atoms with van der Waals surface area (Å²) in [6, 6.07) is 3.77. The molecule has 1 aliphatic heterocycles. The highest BCUT2D eigenvalue weighted by Gasteiger charge is 2.36. The largest absolute Gasteiger partial charge is 0.474 e. The van der Waals surface area contributed by atoms with E-state index in [-0.39, 0.29) is 24.9 Å². The Hall–Kier alpha value is -3.59. The van der Waals surface area contributed by atoms with Crippen molar-refractivity contribution in [3.63, 3.8) is 0 Å². The van der Waals surface area contributed by atoms with E-state index in [0.717, 1.165) is 24.4 Å². The predicted octanol–water partition coefficient (Wildman–Crippen LogP) is 4.98. The summed E-state index contributed by atoms with van der Waals surface area (Å²) in [6.45, 7) is 1.45. The van der Waals surface area contributed by atoms with Gasteiger partial charge in [0.05, 0.1) is 5.69 Å². The van der Waals surface area contributed by atoms with Gasteiger partial charge in [-0.1, -0.05) is 17.8 Å². The molecule has 1 aliphatic rings. The van der Waals surface area contributed by atoms with E-state index in [4.69, 9.17) is 4.74 Å². The van der Waals surface area contributed by atoms with Crippen molar-refractivity contribution in [1.29, 1.82) is 0 Å². The Morgan fingerprint density at radius 2 is 1.82 bits per heavy atom. The van der Waals surface area contributed by atoms with Gasteiger partial charge in [0.2, 0.25) is 11.7 Å². The van der Waals surface area contributed by atoms with E-state index >= 15 is 0 Å². The molecule has 0 aliphatic carbocycles. The van der Waals surface area contributed by atoms with Crippen molar-refractivity contribution in [2.45, 2.75) is 42.6 Å². The quantitative estimate of drug-likeness (QED) is 0.227. The van der Waals surface area contributed by atoms with E-state index < -0.39 is 47.6 Å². The van der Waals surface area contributed by atoms with Gasteiger partial charge in [-0.05, 0) is 38.2 Å². The number of carbonyl (C=O) groups is 1. The number of urea groups is 1. The van der Waals surface area contributed by atoms with E-state index in [1.54, 1.807) is 6.26 Å². The topological polar surface area (TPSA) is 113 Å². The number of benzene rings is 1. The van der Waals surface area contributed by atoms with E-state index in [0.29, 0.717) is 29.3 Å². The number of likely N-dealkylation sites (tertiary alicyclic amines) is 1. The van der Waals surface area contributed by atoms with Crippen molar-refractivity contribution >= 4 is 23.5 Å². The Morgan fingerprint density at radius 1 is 1.15 bits per heavy atom. The number of aromatic nitrogens is 4. The molecule has 0 spiro atoms. The van der Waals surface area contributed by atoms with Crippen LogP contribution in [0.2, 0.25) is 0 Å². The standard InChI is InChI=1S/C25H25F5N6O3S/c1-24(38,13-39-18-6-9-31-21(33-18)25(28,29)30)15-12-32-22(40-2)34-19(15)14-7-10-36(11-8-14)23(37)35-20-16(26)4-3-5-17(20)27/h3-6,9,12,14,38H,7-8,10-11,13H2,1-2H3,(H,35,37). The number of alkyl halides is 3. The first-order chi connectivity index (χ1) is 18.9. The summed E-state index contributed by atoms with van der Waals surface area (Å²) in [4.78, 5) is 29.5. The fourth-order valence-corrected chi connectivity index (χ4v) is 4.56. The molecule has 1 saturated heterocycles. The molecule has 1 unspecified atom stereocenters. The van der Waals surface area contributed by atoms with Gasteiger partial charge in [0.15, 0.2) is 5.16 Å². The van der Waals surface area contributed by atoms with Gasteiger partial charge in [-0.3, -0.25) is 0 Å². The fraction of sp³-hybridized carbons (Fsp3) is 0.400. The zero-order valence-corrected chi connectivity index (χ0v) is 22.2. The monoisotopic (exact) mass is 584 g/mol. The summed E-state index contributed by atoms with van der Waals surface area (Å²) in [5.41, 5.74) is -1.43. The minimum atomic E-state index is -4.76. The van der Waals surface area contributed by atoms with Gasteiger partial charge in [0.25, 0.3) is 0 Å². The van der Waals surface area contributed by atoms with Crippen LogP contribution in [0, 0.1) is 11.6 Å². The van der Waals surface area contributed by atoms with Crippen LogP contribution >= 0.6 is 11.8 Å². The fourth-order valence-electron chi connectivity index (χ4n) is 4.21. The van der Waals surface area contributed by atoms with Crippen LogP contribution in [-0.2, 0) is 11.8 Å². The lowest BCUT2D eigenvalue weighted by Crippen LogP contribution is -2.41. The highest BCUT2D eigenvalue weighted by atomic mass is 32.2. The van der Waals surface area contributed by atoms with E-state index in [1.165, 1.54) is 35.8 Å². The number of halogens is 5. The lowest BCUT2D eigenvalue weighted by atomic mass is 9.86. The zero-order valence-electron chi connectivity index (χ0n) is 21.4. The van der Waals surface area contributed by atoms with Crippen LogP contribution in [0.5, 0.6) is 5.88 Å². The second-order valence-corrected chi connectivity index (χ2v) is 10.00. The van der Waals surface area contributed by atoms with Gasteiger partial charge in [-0.15, -0.1) is 0 Å². The predicted molar refractivity (Wildman–Crippen MR) is 135 cm³/mol. The second-order valence-electron chi connectivity index (χ2n) is 9.22. The SMILES string of the molecule is CSc1ncc(C(C)(O)COc2ccnc(C(F)(F)F)n2)c(C2CCN(C(=O)Nc3c(F)cccc3F)CC2)n1. The molecule has 9 nitrogen and oxygen atoms in total. The van der Waals surface area contributed by atoms with E-state index in [1.807, 2.05) is 0 Å². The van der Waals surface area contributed by atoms with E-state index in [2.05, 4.69) is 25.3 Å². The smallest absolute Gasteiger partial charge is 0.451 e. The Balaban J connectivity index is 1.48. The Morgan fingerprint density at radius 3 is 2.45 bits per heavy atom. The molecule has 2 amide bonds. The van der Waals surface area contributed by atoms with Crippen LogP contribution in [0.3, 0.4) is 0 Å². The maximum Gasteiger partial charge on any atom is 0.451 e. The number of piperidine rings is 1. The molecule has 1 fully saturated rings. The summed E-state index contributed by atoms with van der Waals surface area (Å²) >= 11 is 1.29. The highest BCUT2D eigenvalue weighted by molar-refractivity contribution is 7.98. The number of rotatable bonds is 7. The number of ether oxygens (including phenoxy) is 1. The molecule has 3 aromatic rings. The lowest BCUT2D eigenvalue weighted by Gasteiger charge is -2.34. The Kier molecular flexibility index (Phi) is 8.73. The second kappa shape index (κ2) is 11.9. The number of hydrogen-bond acceptors (Lipinski definition) is 8. The molecule has 0 radical (unpaired) electrons. The number of hydrogen-bond donors (Lipinski definition) is 2. The molecule has 214 valence electrons. The van der Waals surface area contributed by atoms with Gasteiger partial charge >= 0.3 is 12.2 Å². The number of nitrogens with one attached hydrogen (secondary N) is 1. The molecule has 2 N–H and O–H groups in total. The first kappa shape index (κ1) is 29.4. The number of para-hydroxylation sites is 1. The number of anilines is 1. The molecule has 2 aromatic heterocycles. The third-order valence-corrected chi connectivity index (χ3v) is 6.87. The molecule has 15 heteroatoms. The van der Waals surface area contributed by atoms with Crippen LogP contribution in [0.25, 0.3) is 0 Å². The first-order valence-corrected chi connectivity index (χ1v) is 13.3. The lowest BCUT2D eigenvalue weighted by molar-refractivity contribution is -0.145. The van der Waals surface area contributed by atoms with Crippen LogP contribution < -0.4 is 10.1 Å². The summed E-state index contributed by atoms with van der Waals surface area (Å²) in [5, 5.41) is 14.0. The molecule has 40 heavy (non-hydrogen) atoms. The molecular weight excluding hydrogens is 559 g/mol. The summed E-state index contributed by atoms with van der Waals surface area (Å²) < 4.78 is 72.2. The maximum absolute atomic E-state index is 14.0. The third-order valence-electron chi connectivity index (χ3n) is 6.31. The van der Waals surface area contributed by atoms with Crippen LogP contribution in [0.4, 0.5) is 32.4 Å². The van der Waals surface area contributed by atoms with Crippen molar-refractivity contribution in [3.8, 4) is 5.88 Å². The van der Waals surface area contributed by atoms with Gasteiger partial charge in [0.1, 0.15) is 29.5 Å². The van der Waals surface area contributed by atoms with Gasteiger partial charge < -0.3 is 20.1 Å². The molecule has 3 heterocycles. The minimum absolute atomic E-state index is 0.222. The molecule has 4 rings (SSSR count). The average molecular weight is 585 g/mol. The molecule has 1 atom stereocenters. The highest BCUT2D eigenvalue weighted by Crippen LogP contribution is 2.35. The number of amides is 2. The number of nitrogens with zero attached hydrogens (tertiary/aromatic N) is 5. The van der Waals surface area contributed by atoms with E-state index in [9.17, 15) is 31.9 Å². The molecule has 0 saturated carbocycles. The summed E-state index contributed by atoms with van der Waals surface area (Å²) in [5.74, 6) is -3.73. The normalized spacial score (nSPS) is 15.9. The molecule has 1 aromatic carbocycles. The average Bonchev–Trinajstić information content (AvgIpc) is 2.93. The van der Waals surface area contributed by atoms with Crippen molar-refractivity contribution < 1.29 is 36.6 Å². The Labute approximate surface area is 230 Å². The molecular formula is C25H25F5N6O3S. The van der Waals surface area contributed by atoms with Gasteiger partial charge in [-0.2, -0.15) is 18.2 Å². The maximum atomic E-state index is 14.0. The van der Waals surface area contributed by atoms with Crippen LogP contribution in [0.1, 0.15) is 42.8 Å². The van der Waals surface area contributed by atoms with Gasteiger partial charge in [0, 0.05) is 43.0 Å².